The summed E-state index contributed by atoms with van der Waals surface area (Å²) in [6.45, 7) is 2.53. The van der Waals surface area contributed by atoms with Gasteiger partial charge in [-0.1, -0.05) is 25.8 Å². The van der Waals surface area contributed by atoms with Gasteiger partial charge in [0.05, 0.1) is 0 Å². The lowest BCUT2D eigenvalue weighted by Gasteiger charge is -2.16. The summed E-state index contributed by atoms with van der Waals surface area (Å²) in [6, 6.07) is 3.86. The van der Waals surface area contributed by atoms with Gasteiger partial charge < -0.3 is 11.1 Å². The van der Waals surface area contributed by atoms with Gasteiger partial charge in [-0.2, -0.15) is 0 Å². The average molecular weight is 298 g/mol. The van der Waals surface area contributed by atoms with Crippen molar-refractivity contribution in [3.05, 3.63) is 35.4 Å². The molecular weight excluding hydrogens is 274 g/mol. The number of carbonyl (C=O) groups excluding carboxylic acids is 1. The molecule has 0 aliphatic heterocycles. The van der Waals surface area contributed by atoms with Crippen LogP contribution in [-0.2, 0) is 11.2 Å². The van der Waals surface area contributed by atoms with Gasteiger partial charge in [0.1, 0.15) is 0 Å². The molecule has 0 aliphatic rings. The van der Waals surface area contributed by atoms with Gasteiger partial charge in [0, 0.05) is 19.0 Å². The molecule has 1 unspecified atom stereocenters. The van der Waals surface area contributed by atoms with Gasteiger partial charge >= 0.3 is 0 Å². The van der Waals surface area contributed by atoms with Crippen molar-refractivity contribution in [1.82, 2.24) is 5.32 Å². The second-order valence-corrected chi connectivity index (χ2v) is 5.24. The molecule has 3 nitrogen and oxygen atoms in total. The lowest BCUT2D eigenvalue weighted by atomic mass is 10.1. The molecule has 1 amide bonds. The second kappa shape index (κ2) is 9.45. The van der Waals surface area contributed by atoms with E-state index in [1.807, 2.05) is 0 Å². The van der Waals surface area contributed by atoms with E-state index in [2.05, 4.69) is 12.2 Å². The quantitative estimate of drug-likeness (QED) is 0.736. The summed E-state index contributed by atoms with van der Waals surface area (Å²) >= 11 is 0. The molecule has 21 heavy (non-hydrogen) atoms. The number of amides is 1. The van der Waals surface area contributed by atoms with E-state index in [0.29, 0.717) is 31.4 Å². The van der Waals surface area contributed by atoms with Crippen molar-refractivity contribution in [2.24, 2.45) is 5.73 Å². The van der Waals surface area contributed by atoms with E-state index in [4.69, 9.17) is 5.73 Å². The number of hydrogen-bond donors (Lipinski definition) is 2. The van der Waals surface area contributed by atoms with Gasteiger partial charge in [0.15, 0.2) is 11.6 Å². The van der Waals surface area contributed by atoms with Crippen molar-refractivity contribution in [3.63, 3.8) is 0 Å². The Morgan fingerprint density at radius 1 is 1.29 bits per heavy atom. The Morgan fingerprint density at radius 3 is 2.67 bits per heavy atom. The van der Waals surface area contributed by atoms with E-state index < -0.39 is 11.6 Å². The minimum absolute atomic E-state index is 0.0284. The molecule has 1 rings (SSSR count). The fraction of sp³-hybridized carbons (Fsp3) is 0.562. The first-order valence-corrected chi connectivity index (χ1v) is 7.50. The van der Waals surface area contributed by atoms with Crippen molar-refractivity contribution in [3.8, 4) is 0 Å². The molecule has 118 valence electrons. The third kappa shape index (κ3) is 6.67. The predicted molar refractivity (Wildman–Crippen MR) is 79.8 cm³/mol. The number of hydrogen-bond acceptors (Lipinski definition) is 2. The molecule has 0 radical (unpaired) electrons. The number of halogens is 2. The molecule has 1 aromatic rings. The van der Waals surface area contributed by atoms with Gasteiger partial charge in [0.25, 0.3) is 0 Å². The van der Waals surface area contributed by atoms with Crippen molar-refractivity contribution in [2.75, 3.05) is 6.54 Å². The molecule has 5 heteroatoms. The van der Waals surface area contributed by atoms with Crippen LogP contribution in [0.3, 0.4) is 0 Å². The standard InChI is InChI=1S/C16H24F2N2O/c1-2-3-6-13(11-19)20-16(21)7-4-5-12-8-9-14(17)15(18)10-12/h8-10,13H,2-7,11,19H2,1H3,(H,20,21). The number of benzene rings is 1. The number of unbranched alkanes of at least 4 members (excludes halogenated alkanes) is 1. The molecule has 0 aromatic heterocycles. The number of aryl methyl sites for hydroxylation is 1. The Morgan fingerprint density at radius 2 is 2.05 bits per heavy atom. The minimum Gasteiger partial charge on any atom is -0.352 e. The van der Waals surface area contributed by atoms with E-state index in [1.165, 1.54) is 6.07 Å². The monoisotopic (exact) mass is 298 g/mol. The first kappa shape index (κ1) is 17.6. The predicted octanol–water partition coefficient (Wildman–Crippen LogP) is 2.92. The third-order valence-corrected chi connectivity index (χ3v) is 3.41. The lowest BCUT2D eigenvalue weighted by molar-refractivity contribution is -0.121. The Kier molecular flexibility index (Phi) is 7.90. The van der Waals surface area contributed by atoms with Gasteiger partial charge in [-0.25, -0.2) is 8.78 Å². The molecule has 0 saturated carbocycles. The van der Waals surface area contributed by atoms with Crippen LogP contribution in [0.5, 0.6) is 0 Å². The summed E-state index contributed by atoms with van der Waals surface area (Å²) in [5.41, 5.74) is 6.32. The highest BCUT2D eigenvalue weighted by atomic mass is 19.2. The fourth-order valence-electron chi connectivity index (χ4n) is 2.15. The van der Waals surface area contributed by atoms with E-state index in [9.17, 15) is 13.6 Å². The Balaban J connectivity index is 2.30. The summed E-state index contributed by atoms with van der Waals surface area (Å²) < 4.78 is 25.8. The molecule has 0 bridgehead atoms. The molecule has 0 fully saturated rings. The lowest BCUT2D eigenvalue weighted by Crippen LogP contribution is -2.40. The molecule has 0 heterocycles. The van der Waals surface area contributed by atoms with E-state index in [1.54, 1.807) is 6.07 Å². The van der Waals surface area contributed by atoms with Crippen molar-refractivity contribution >= 4 is 5.91 Å². The third-order valence-electron chi connectivity index (χ3n) is 3.41. The molecule has 3 N–H and O–H groups in total. The van der Waals surface area contributed by atoms with Crippen molar-refractivity contribution in [2.45, 2.75) is 51.5 Å². The highest BCUT2D eigenvalue weighted by Gasteiger charge is 2.10. The van der Waals surface area contributed by atoms with E-state index >= 15 is 0 Å². The number of nitrogens with two attached hydrogens (primary N) is 1. The highest BCUT2D eigenvalue weighted by Crippen LogP contribution is 2.11. The maximum Gasteiger partial charge on any atom is 0.220 e. The molecule has 1 aromatic carbocycles. The van der Waals surface area contributed by atoms with Crippen LogP contribution in [0.25, 0.3) is 0 Å². The Labute approximate surface area is 124 Å². The molecule has 0 spiro atoms. The molecule has 0 aliphatic carbocycles. The fourth-order valence-corrected chi connectivity index (χ4v) is 2.15. The summed E-state index contributed by atoms with van der Waals surface area (Å²) in [6.07, 6.45) is 4.51. The normalized spacial score (nSPS) is 12.2. The van der Waals surface area contributed by atoms with Crippen LogP contribution in [0.2, 0.25) is 0 Å². The smallest absolute Gasteiger partial charge is 0.220 e. The van der Waals surface area contributed by atoms with Crippen LogP contribution in [0.15, 0.2) is 18.2 Å². The summed E-state index contributed by atoms with van der Waals surface area (Å²) in [5.74, 6) is -1.73. The number of nitrogens with one attached hydrogen (secondary N) is 1. The first-order chi connectivity index (χ1) is 10.1. The largest absolute Gasteiger partial charge is 0.352 e. The minimum atomic E-state index is -0.849. The van der Waals surface area contributed by atoms with Crippen molar-refractivity contribution in [1.29, 1.82) is 0 Å². The topological polar surface area (TPSA) is 55.1 Å². The van der Waals surface area contributed by atoms with Crippen LogP contribution >= 0.6 is 0 Å². The summed E-state index contributed by atoms with van der Waals surface area (Å²) in [5, 5.41) is 2.91. The maximum absolute atomic E-state index is 13.0. The van der Waals surface area contributed by atoms with Crippen LogP contribution in [-0.4, -0.2) is 18.5 Å². The Bertz CT molecular complexity index is 452. The average Bonchev–Trinajstić information content (AvgIpc) is 2.47. The summed E-state index contributed by atoms with van der Waals surface area (Å²) in [7, 11) is 0. The zero-order valence-electron chi connectivity index (χ0n) is 12.5. The second-order valence-electron chi connectivity index (χ2n) is 5.24. The molecule has 1 atom stereocenters. The first-order valence-electron chi connectivity index (χ1n) is 7.50. The SMILES string of the molecule is CCCCC(CN)NC(=O)CCCc1ccc(F)c(F)c1. The van der Waals surface area contributed by atoms with Gasteiger partial charge in [-0.05, 0) is 37.0 Å². The van der Waals surface area contributed by atoms with E-state index in [-0.39, 0.29) is 11.9 Å². The molecular formula is C16H24F2N2O. The van der Waals surface area contributed by atoms with Gasteiger partial charge in [-0.15, -0.1) is 0 Å². The number of rotatable bonds is 9. The maximum atomic E-state index is 13.0. The number of carbonyl (C=O) groups is 1. The van der Waals surface area contributed by atoms with Crippen molar-refractivity contribution < 1.29 is 13.6 Å². The van der Waals surface area contributed by atoms with Crippen LogP contribution < -0.4 is 11.1 Å². The van der Waals surface area contributed by atoms with E-state index in [0.717, 1.165) is 25.3 Å². The van der Waals surface area contributed by atoms with Crippen LogP contribution in [0.1, 0.15) is 44.6 Å². The summed E-state index contributed by atoms with van der Waals surface area (Å²) in [4.78, 5) is 11.8. The zero-order valence-corrected chi connectivity index (χ0v) is 12.5. The van der Waals surface area contributed by atoms with Gasteiger partial charge in [0.2, 0.25) is 5.91 Å². The van der Waals surface area contributed by atoms with Gasteiger partial charge in [-0.3, -0.25) is 4.79 Å². The molecule has 0 saturated heterocycles. The zero-order chi connectivity index (χ0) is 15.7. The highest BCUT2D eigenvalue weighted by molar-refractivity contribution is 5.76. The van der Waals surface area contributed by atoms with Crippen LogP contribution in [0.4, 0.5) is 8.78 Å². The van der Waals surface area contributed by atoms with Crippen LogP contribution in [0, 0.1) is 11.6 Å². The Hall–Kier alpha value is -1.49.